The van der Waals surface area contributed by atoms with Gasteiger partial charge in [-0.1, -0.05) is 18.2 Å². The number of amides is 2. The first-order valence-corrected chi connectivity index (χ1v) is 7.93. The van der Waals surface area contributed by atoms with Crippen LogP contribution in [0.1, 0.15) is 29.6 Å². The third kappa shape index (κ3) is 7.59. The molecule has 0 saturated carbocycles. The zero-order valence-electron chi connectivity index (χ0n) is 13.7. The quantitative estimate of drug-likeness (QED) is 0.218. The molecule has 0 unspecified atom stereocenters. The zero-order valence-corrected chi connectivity index (χ0v) is 13.7. The first-order valence-electron chi connectivity index (χ1n) is 7.93. The van der Waals surface area contributed by atoms with Gasteiger partial charge < -0.3 is 27.8 Å². The van der Waals surface area contributed by atoms with Crippen molar-refractivity contribution in [3.63, 3.8) is 0 Å². The highest BCUT2D eigenvalue weighted by Gasteiger charge is 2.20. The van der Waals surface area contributed by atoms with Gasteiger partial charge in [-0.25, -0.2) is 0 Å². The fourth-order valence-corrected chi connectivity index (χ4v) is 2.04. The van der Waals surface area contributed by atoms with Crippen molar-refractivity contribution >= 4 is 17.8 Å². The van der Waals surface area contributed by atoms with Crippen molar-refractivity contribution < 1.29 is 9.59 Å². The number of nitrogens with two attached hydrogens (primary N) is 3. The van der Waals surface area contributed by atoms with Crippen molar-refractivity contribution in [1.82, 2.24) is 10.6 Å². The van der Waals surface area contributed by atoms with E-state index in [1.807, 2.05) is 6.07 Å². The first kappa shape index (κ1) is 19.4. The Kier molecular flexibility index (Phi) is 8.91. The second kappa shape index (κ2) is 11.0. The molecule has 0 bridgehead atoms. The third-order valence-electron chi connectivity index (χ3n) is 3.28. The van der Waals surface area contributed by atoms with Crippen LogP contribution in [0.4, 0.5) is 0 Å². The third-order valence-corrected chi connectivity index (χ3v) is 3.28. The molecular formula is C16H26N6O2. The highest BCUT2D eigenvalue weighted by atomic mass is 16.2. The maximum Gasteiger partial charge on any atom is 0.251 e. The molecule has 0 heterocycles. The van der Waals surface area contributed by atoms with Gasteiger partial charge in [-0.05, 0) is 37.9 Å². The molecule has 132 valence electrons. The van der Waals surface area contributed by atoms with Crippen molar-refractivity contribution in [1.29, 1.82) is 0 Å². The van der Waals surface area contributed by atoms with Crippen LogP contribution < -0.4 is 27.8 Å². The molecule has 0 aromatic heterocycles. The minimum absolute atomic E-state index is 0.00673. The van der Waals surface area contributed by atoms with Crippen LogP contribution in [0.5, 0.6) is 0 Å². The van der Waals surface area contributed by atoms with Crippen LogP contribution >= 0.6 is 0 Å². The summed E-state index contributed by atoms with van der Waals surface area (Å²) in [4.78, 5) is 28.4. The molecule has 0 aliphatic rings. The molecule has 1 aromatic rings. The number of nitrogens with one attached hydrogen (secondary N) is 2. The summed E-state index contributed by atoms with van der Waals surface area (Å²) in [6, 6.07) is 8.09. The van der Waals surface area contributed by atoms with Gasteiger partial charge in [0.2, 0.25) is 5.91 Å². The van der Waals surface area contributed by atoms with Gasteiger partial charge in [-0.2, -0.15) is 0 Å². The molecule has 8 nitrogen and oxygen atoms in total. The highest BCUT2D eigenvalue weighted by Crippen LogP contribution is 2.03. The lowest BCUT2D eigenvalue weighted by atomic mass is 10.1. The summed E-state index contributed by atoms with van der Waals surface area (Å²) in [5, 5.41) is 5.53. The van der Waals surface area contributed by atoms with Gasteiger partial charge in [0.05, 0.1) is 0 Å². The molecule has 0 fully saturated rings. The number of rotatable bonds is 10. The van der Waals surface area contributed by atoms with Crippen molar-refractivity contribution in [3.05, 3.63) is 35.9 Å². The van der Waals surface area contributed by atoms with E-state index in [2.05, 4.69) is 15.6 Å². The Morgan fingerprint density at radius 3 is 2.46 bits per heavy atom. The Labute approximate surface area is 141 Å². The van der Waals surface area contributed by atoms with Crippen LogP contribution in [0, 0.1) is 0 Å². The van der Waals surface area contributed by atoms with E-state index < -0.39 is 6.04 Å². The first-order chi connectivity index (χ1) is 11.5. The van der Waals surface area contributed by atoms with Gasteiger partial charge in [-0.15, -0.1) is 0 Å². The summed E-state index contributed by atoms with van der Waals surface area (Å²) in [6.45, 7) is 1.36. The average Bonchev–Trinajstić information content (AvgIpc) is 2.58. The fourth-order valence-electron chi connectivity index (χ4n) is 2.04. The number of carbonyl (C=O) groups is 2. The number of guanidine groups is 1. The number of benzene rings is 1. The molecule has 1 aromatic carbocycles. The summed E-state index contributed by atoms with van der Waals surface area (Å²) >= 11 is 0. The van der Waals surface area contributed by atoms with Crippen LogP contribution in [-0.2, 0) is 4.79 Å². The van der Waals surface area contributed by atoms with Crippen molar-refractivity contribution in [3.8, 4) is 0 Å². The van der Waals surface area contributed by atoms with Gasteiger partial charge in [0.1, 0.15) is 6.04 Å². The summed E-state index contributed by atoms with van der Waals surface area (Å²) in [5.74, 6) is -0.527. The van der Waals surface area contributed by atoms with E-state index in [0.717, 1.165) is 0 Å². The molecule has 8 heteroatoms. The van der Waals surface area contributed by atoms with Crippen LogP contribution in [0.3, 0.4) is 0 Å². The second-order valence-electron chi connectivity index (χ2n) is 5.27. The lowest BCUT2D eigenvalue weighted by Gasteiger charge is -2.18. The standard InChI is InChI=1S/C16H26N6O2/c17-9-5-11-20-15(24)13(8-4-10-21-16(18)19)22-14(23)12-6-2-1-3-7-12/h1-3,6-7,13H,4-5,8-11,17H2,(H,20,24)(H,22,23)(H4,18,19,21)/t13-/m0/s1. The molecule has 8 N–H and O–H groups in total. The SMILES string of the molecule is NCCCNC(=O)[C@H](CCCN=C(N)N)NC(=O)c1ccccc1. The molecule has 24 heavy (non-hydrogen) atoms. The molecule has 0 aliphatic carbocycles. The molecular weight excluding hydrogens is 308 g/mol. The lowest BCUT2D eigenvalue weighted by molar-refractivity contribution is -0.123. The maximum absolute atomic E-state index is 12.3. The number of hydrogen-bond donors (Lipinski definition) is 5. The minimum Gasteiger partial charge on any atom is -0.370 e. The number of carbonyl (C=O) groups excluding carboxylic acids is 2. The predicted molar refractivity (Wildman–Crippen MR) is 94.3 cm³/mol. The van der Waals surface area contributed by atoms with Crippen LogP contribution in [0.15, 0.2) is 35.3 Å². The van der Waals surface area contributed by atoms with E-state index in [4.69, 9.17) is 17.2 Å². The Bertz CT molecular complexity index is 543. The zero-order chi connectivity index (χ0) is 17.8. The summed E-state index contributed by atoms with van der Waals surface area (Å²) in [7, 11) is 0. The predicted octanol–water partition coefficient (Wildman–Crippen LogP) is -0.696. The molecule has 0 radical (unpaired) electrons. The van der Waals surface area contributed by atoms with Crippen molar-refractivity contribution in [2.75, 3.05) is 19.6 Å². The number of aliphatic imine (C=N–C) groups is 1. The minimum atomic E-state index is -0.648. The lowest BCUT2D eigenvalue weighted by Crippen LogP contribution is -2.47. The normalized spacial score (nSPS) is 11.4. The second-order valence-corrected chi connectivity index (χ2v) is 5.27. The Hall–Kier alpha value is -2.61. The van der Waals surface area contributed by atoms with E-state index in [1.165, 1.54) is 0 Å². The molecule has 0 spiro atoms. The van der Waals surface area contributed by atoms with Crippen LogP contribution in [0.2, 0.25) is 0 Å². The van der Waals surface area contributed by atoms with Gasteiger partial charge in [0.15, 0.2) is 5.96 Å². The van der Waals surface area contributed by atoms with E-state index in [1.54, 1.807) is 24.3 Å². The van der Waals surface area contributed by atoms with Gasteiger partial charge in [-0.3, -0.25) is 14.6 Å². The maximum atomic E-state index is 12.3. The van der Waals surface area contributed by atoms with Gasteiger partial charge in [0, 0.05) is 18.7 Å². The Morgan fingerprint density at radius 1 is 1.12 bits per heavy atom. The summed E-state index contributed by atoms with van der Waals surface area (Å²) in [5.41, 5.74) is 16.5. The van der Waals surface area contributed by atoms with E-state index in [9.17, 15) is 9.59 Å². The average molecular weight is 334 g/mol. The largest absolute Gasteiger partial charge is 0.370 e. The smallest absolute Gasteiger partial charge is 0.251 e. The molecule has 1 atom stereocenters. The Balaban J connectivity index is 2.63. The highest BCUT2D eigenvalue weighted by molar-refractivity contribution is 5.97. The van der Waals surface area contributed by atoms with E-state index >= 15 is 0 Å². The van der Waals surface area contributed by atoms with Gasteiger partial charge in [0.25, 0.3) is 5.91 Å². The molecule has 0 saturated heterocycles. The monoisotopic (exact) mass is 334 g/mol. The number of hydrogen-bond acceptors (Lipinski definition) is 4. The van der Waals surface area contributed by atoms with E-state index in [0.29, 0.717) is 44.5 Å². The van der Waals surface area contributed by atoms with Crippen LogP contribution in [-0.4, -0.2) is 43.5 Å². The fraction of sp³-hybridized carbons (Fsp3) is 0.438. The molecule has 0 aliphatic heterocycles. The molecule has 2 amide bonds. The van der Waals surface area contributed by atoms with Crippen molar-refractivity contribution in [2.24, 2.45) is 22.2 Å². The Morgan fingerprint density at radius 2 is 1.83 bits per heavy atom. The van der Waals surface area contributed by atoms with Crippen LogP contribution in [0.25, 0.3) is 0 Å². The number of nitrogens with zero attached hydrogens (tertiary/aromatic N) is 1. The molecule has 1 rings (SSSR count). The summed E-state index contributed by atoms with van der Waals surface area (Å²) < 4.78 is 0. The van der Waals surface area contributed by atoms with Gasteiger partial charge >= 0.3 is 0 Å². The topological polar surface area (TPSA) is 149 Å². The van der Waals surface area contributed by atoms with Crippen molar-refractivity contribution in [2.45, 2.75) is 25.3 Å². The summed E-state index contributed by atoms with van der Waals surface area (Å²) in [6.07, 6.45) is 1.69. The van der Waals surface area contributed by atoms with E-state index in [-0.39, 0.29) is 17.8 Å².